The van der Waals surface area contributed by atoms with E-state index in [0.29, 0.717) is 6.54 Å². The van der Waals surface area contributed by atoms with Crippen molar-refractivity contribution in [1.82, 2.24) is 4.57 Å². The molecule has 0 radical (unpaired) electrons. The molecular weight excluding hydrogens is 302 g/mol. The predicted octanol–water partition coefficient (Wildman–Crippen LogP) is 2.50. The van der Waals surface area contributed by atoms with E-state index < -0.39 is 10.1 Å². The van der Waals surface area contributed by atoms with Gasteiger partial charge in [-0.3, -0.25) is 4.18 Å². The zero-order valence-corrected chi connectivity index (χ0v) is 13.8. The van der Waals surface area contributed by atoms with Crippen LogP contribution in [-0.4, -0.2) is 33.0 Å². The van der Waals surface area contributed by atoms with Crippen LogP contribution in [0.3, 0.4) is 0 Å². The molecule has 22 heavy (non-hydrogen) atoms. The van der Waals surface area contributed by atoms with Gasteiger partial charge in [0.25, 0.3) is 10.1 Å². The largest absolute Gasteiger partial charge is 0.496 e. The van der Waals surface area contributed by atoms with E-state index in [2.05, 4.69) is 10.6 Å². The highest BCUT2D eigenvalue weighted by atomic mass is 32.2. The topological polar surface area (TPSA) is 57.5 Å². The Morgan fingerprint density at radius 1 is 1.23 bits per heavy atom. The SMILES string of the molecule is COc1cccc2c1c1c(n2CCOS(C)(=O)=O)CCCC1. The summed E-state index contributed by atoms with van der Waals surface area (Å²) in [6.45, 7) is 0.693. The fraction of sp³-hybridized carbons (Fsp3) is 0.500. The van der Waals surface area contributed by atoms with Gasteiger partial charge in [0, 0.05) is 17.6 Å². The van der Waals surface area contributed by atoms with Crippen molar-refractivity contribution in [2.45, 2.75) is 32.2 Å². The lowest BCUT2D eigenvalue weighted by Gasteiger charge is -2.15. The number of aromatic nitrogens is 1. The molecule has 0 bridgehead atoms. The third-order valence-corrected chi connectivity index (χ3v) is 4.79. The Bertz CT molecular complexity index is 792. The number of rotatable bonds is 5. The fourth-order valence-corrected chi connectivity index (χ4v) is 3.73. The molecule has 1 aromatic heterocycles. The van der Waals surface area contributed by atoms with Crippen molar-refractivity contribution < 1.29 is 17.3 Å². The van der Waals surface area contributed by atoms with Gasteiger partial charge in [-0.05, 0) is 43.4 Å². The summed E-state index contributed by atoms with van der Waals surface area (Å²) < 4.78 is 35.0. The molecule has 120 valence electrons. The van der Waals surface area contributed by atoms with E-state index in [4.69, 9.17) is 8.92 Å². The van der Waals surface area contributed by atoms with Gasteiger partial charge in [0.2, 0.25) is 0 Å². The number of fused-ring (bicyclic) bond motifs is 3. The molecule has 6 heteroatoms. The maximum absolute atomic E-state index is 11.2. The third-order valence-electron chi connectivity index (χ3n) is 4.19. The van der Waals surface area contributed by atoms with E-state index in [1.54, 1.807) is 7.11 Å². The zero-order valence-electron chi connectivity index (χ0n) is 13.0. The standard InChI is InChI=1S/C16H21NO4S/c1-20-15-9-5-8-14-16(15)12-6-3-4-7-13(12)17(14)10-11-21-22(2,18)19/h5,8-9H,3-4,6-7,10-11H2,1-2H3. The molecule has 0 saturated heterocycles. The zero-order chi connectivity index (χ0) is 15.7. The van der Waals surface area contributed by atoms with Gasteiger partial charge >= 0.3 is 0 Å². The summed E-state index contributed by atoms with van der Waals surface area (Å²) in [6.07, 6.45) is 5.50. The summed E-state index contributed by atoms with van der Waals surface area (Å²) in [5, 5.41) is 1.17. The second-order valence-electron chi connectivity index (χ2n) is 5.66. The van der Waals surface area contributed by atoms with Gasteiger partial charge in [0.15, 0.2) is 0 Å². The summed E-state index contributed by atoms with van der Waals surface area (Å²) in [5.41, 5.74) is 3.74. The summed E-state index contributed by atoms with van der Waals surface area (Å²) in [7, 11) is -1.71. The Balaban J connectivity index is 2.05. The fourth-order valence-electron chi connectivity index (χ4n) is 3.36. The van der Waals surface area contributed by atoms with Gasteiger partial charge in [-0.2, -0.15) is 8.42 Å². The van der Waals surface area contributed by atoms with Crippen molar-refractivity contribution in [2.24, 2.45) is 0 Å². The maximum atomic E-state index is 11.2. The van der Waals surface area contributed by atoms with Crippen LogP contribution in [0.5, 0.6) is 5.75 Å². The van der Waals surface area contributed by atoms with E-state index >= 15 is 0 Å². The Hall–Kier alpha value is -1.53. The van der Waals surface area contributed by atoms with Gasteiger partial charge in [-0.15, -0.1) is 0 Å². The molecule has 0 amide bonds. The average molecular weight is 323 g/mol. The van der Waals surface area contributed by atoms with Crippen LogP contribution in [0, 0.1) is 0 Å². The van der Waals surface area contributed by atoms with E-state index in [1.807, 2.05) is 12.1 Å². The Morgan fingerprint density at radius 3 is 2.73 bits per heavy atom. The molecule has 2 aromatic rings. The van der Waals surface area contributed by atoms with Gasteiger partial charge in [0.05, 0.1) is 25.5 Å². The molecule has 1 aliphatic carbocycles. The van der Waals surface area contributed by atoms with Gasteiger partial charge < -0.3 is 9.30 Å². The number of aryl methyl sites for hydroxylation is 1. The molecule has 1 aromatic carbocycles. The van der Waals surface area contributed by atoms with E-state index in [-0.39, 0.29) is 6.61 Å². The summed E-state index contributed by atoms with van der Waals surface area (Å²) in [4.78, 5) is 0. The van der Waals surface area contributed by atoms with E-state index in [0.717, 1.165) is 30.4 Å². The Kier molecular flexibility index (Phi) is 4.14. The third kappa shape index (κ3) is 2.85. The van der Waals surface area contributed by atoms with Crippen LogP contribution in [0.2, 0.25) is 0 Å². The van der Waals surface area contributed by atoms with Crippen LogP contribution in [0.15, 0.2) is 18.2 Å². The van der Waals surface area contributed by atoms with Crippen molar-refractivity contribution in [3.05, 3.63) is 29.5 Å². The molecule has 0 atom stereocenters. The van der Waals surface area contributed by atoms with Crippen LogP contribution in [0.25, 0.3) is 10.9 Å². The van der Waals surface area contributed by atoms with Crippen LogP contribution >= 0.6 is 0 Å². The molecule has 1 heterocycles. The van der Waals surface area contributed by atoms with Crippen molar-refractivity contribution in [1.29, 1.82) is 0 Å². The van der Waals surface area contributed by atoms with Gasteiger partial charge in [-0.1, -0.05) is 6.07 Å². The lowest BCUT2D eigenvalue weighted by molar-refractivity contribution is 0.304. The molecule has 0 fully saturated rings. The normalized spacial score (nSPS) is 15.0. The quantitative estimate of drug-likeness (QED) is 0.793. The van der Waals surface area contributed by atoms with Gasteiger partial charge in [-0.25, -0.2) is 0 Å². The number of methoxy groups -OCH3 is 1. The molecule has 3 rings (SSSR count). The first-order valence-corrected chi connectivity index (χ1v) is 9.34. The van der Waals surface area contributed by atoms with Crippen LogP contribution in [-0.2, 0) is 33.7 Å². The number of ether oxygens (including phenoxy) is 1. The maximum Gasteiger partial charge on any atom is 0.264 e. The Morgan fingerprint density at radius 2 is 2.00 bits per heavy atom. The lowest BCUT2D eigenvalue weighted by atomic mass is 9.95. The van der Waals surface area contributed by atoms with Crippen molar-refractivity contribution >= 4 is 21.0 Å². The second-order valence-corrected chi connectivity index (χ2v) is 7.31. The molecule has 5 nitrogen and oxygen atoms in total. The first kappa shape index (κ1) is 15.4. The number of benzene rings is 1. The van der Waals surface area contributed by atoms with Crippen LogP contribution in [0.4, 0.5) is 0 Å². The highest BCUT2D eigenvalue weighted by Crippen LogP contribution is 2.37. The average Bonchev–Trinajstić information content (AvgIpc) is 2.81. The minimum atomic E-state index is -3.40. The lowest BCUT2D eigenvalue weighted by Crippen LogP contribution is -2.14. The van der Waals surface area contributed by atoms with Gasteiger partial charge in [0.1, 0.15) is 5.75 Å². The van der Waals surface area contributed by atoms with Crippen molar-refractivity contribution in [3.8, 4) is 5.75 Å². The molecular formula is C16H21NO4S. The molecule has 0 unspecified atom stereocenters. The minimum absolute atomic E-state index is 0.159. The number of hydrogen-bond donors (Lipinski definition) is 0. The van der Waals surface area contributed by atoms with Crippen LogP contribution < -0.4 is 4.74 Å². The van der Waals surface area contributed by atoms with E-state index in [9.17, 15) is 8.42 Å². The van der Waals surface area contributed by atoms with E-state index in [1.165, 1.54) is 29.5 Å². The Labute approximate surface area is 131 Å². The highest BCUT2D eigenvalue weighted by Gasteiger charge is 2.22. The predicted molar refractivity (Wildman–Crippen MR) is 85.9 cm³/mol. The molecule has 0 N–H and O–H groups in total. The minimum Gasteiger partial charge on any atom is -0.496 e. The number of nitrogens with zero attached hydrogens (tertiary/aromatic N) is 1. The molecule has 0 aliphatic heterocycles. The highest BCUT2D eigenvalue weighted by molar-refractivity contribution is 7.85. The monoisotopic (exact) mass is 323 g/mol. The summed E-state index contributed by atoms with van der Waals surface area (Å²) in [6, 6.07) is 6.02. The smallest absolute Gasteiger partial charge is 0.264 e. The van der Waals surface area contributed by atoms with Crippen LogP contribution in [0.1, 0.15) is 24.1 Å². The molecule has 0 spiro atoms. The second kappa shape index (κ2) is 5.93. The summed E-state index contributed by atoms with van der Waals surface area (Å²) in [5.74, 6) is 0.887. The molecule has 1 aliphatic rings. The van der Waals surface area contributed by atoms with Crippen molar-refractivity contribution in [2.75, 3.05) is 20.0 Å². The van der Waals surface area contributed by atoms with Crippen molar-refractivity contribution in [3.63, 3.8) is 0 Å². The number of hydrogen-bond acceptors (Lipinski definition) is 4. The first-order chi connectivity index (χ1) is 10.5. The first-order valence-electron chi connectivity index (χ1n) is 7.52. The molecule has 0 saturated carbocycles. The summed E-state index contributed by atoms with van der Waals surface area (Å²) >= 11 is 0.